The fraction of sp³-hybridized carbons (Fsp3) is 0.409. The highest BCUT2D eigenvalue weighted by atomic mass is 16.7. The molecule has 4 aliphatic heterocycles. The van der Waals surface area contributed by atoms with E-state index >= 15 is 0 Å². The van der Waals surface area contributed by atoms with Crippen LogP contribution in [0.3, 0.4) is 0 Å². The summed E-state index contributed by atoms with van der Waals surface area (Å²) in [5.74, 6) is 33.1. The third kappa shape index (κ3) is 15.7. The van der Waals surface area contributed by atoms with Gasteiger partial charge in [0.15, 0.2) is 0 Å². The molecule has 8 aromatic rings. The van der Waals surface area contributed by atoms with E-state index in [4.69, 9.17) is 37.9 Å². The Labute approximate surface area is 592 Å². The van der Waals surface area contributed by atoms with Crippen molar-refractivity contribution in [3.8, 4) is 93.4 Å². The van der Waals surface area contributed by atoms with E-state index in [9.17, 15) is 0 Å². The van der Waals surface area contributed by atoms with Crippen molar-refractivity contribution in [3.05, 3.63) is 211 Å². The van der Waals surface area contributed by atoms with E-state index in [0.717, 1.165) is 221 Å². The smallest absolute Gasteiger partial charge is 0.231 e. The van der Waals surface area contributed by atoms with Crippen molar-refractivity contribution in [1.82, 2.24) is 19.9 Å². The molecule has 4 aromatic heterocycles. The normalized spacial score (nSPS) is 16.1. The summed E-state index contributed by atoms with van der Waals surface area (Å²) in [7, 11) is 0. The lowest BCUT2D eigenvalue weighted by Gasteiger charge is -2.36. The first-order valence-corrected chi connectivity index (χ1v) is 37.1. The van der Waals surface area contributed by atoms with Crippen molar-refractivity contribution in [2.24, 2.45) is 0 Å². The zero-order valence-corrected chi connectivity index (χ0v) is 58.7. The average molecular weight is 1330 g/mol. The van der Waals surface area contributed by atoms with E-state index in [0.29, 0.717) is 68.2 Å². The maximum Gasteiger partial charge on any atom is 0.231 e. The van der Waals surface area contributed by atoms with Crippen LogP contribution in [-0.2, 0) is 0 Å². The molecule has 100 heavy (non-hydrogen) atoms. The van der Waals surface area contributed by atoms with Gasteiger partial charge in [-0.25, -0.2) is 0 Å². The lowest BCUT2D eigenvalue weighted by Crippen LogP contribution is -2.25. The summed E-state index contributed by atoms with van der Waals surface area (Å²) in [4.78, 5) is 17.5. The molecule has 0 radical (unpaired) electrons. The summed E-state index contributed by atoms with van der Waals surface area (Å²) < 4.78 is 58.2. The molecule has 0 amide bonds. The van der Waals surface area contributed by atoms with Gasteiger partial charge in [0.2, 0.25) is 27.2 Å². The Morgan fingerprint density at radius 1 is 0.250 bits per heavy atom. The van der Waals surface area contributed by atoms with Gasteiger partial charge in [-0.15, -0.1) is 0 Å². The van der Waals surface area contributed by atoms with Gasteiger partial charge in [0.1, 0.15) is 68.2 Å². The van der Waals surface area contributed by atoms with Gasteiger partial charge in [0.25, 0.3) is 0 Å². The van der Waals surface area contributed by atoms with E-state index in [2.05, 4.69) is 119 Å². The predicted molar refractivity (Wildman–Crippen MR) is 392 cm³/mol. The first-order chi connectivity index (χ1) is 49.5. The molecule has 8 heterocycles. The summed E-state index contributed by atoms with van der Waals surface area (Å²) >= 11 is 0. The first-order valence-electron chi connectivity index (χ1n) is 37.1. The molecule has 5 aliphatic rings. The number of hydrogen-bond acceptors (Lipinski definition) is 12. The van der Waals surface area contributed by atoms with Crippen molar-refractivity contribution in [3.63, 3.8) is 0 Å². The van der Waals surface area contributed by atoms with Gasteiger partial charge in [-0.2, -0.15) is 0 Å². The molecular formula is C88H92N4O8. The maximum absolute atomic E-state index is 7.27. The van der Waals surface area contributed by atoms with Crippen LogP contribution in [0.1, 0.15) is 294 Å². The molecule has 0 unspecified atom stereocenters. The Morgan fingerprint density at radius 2 is 0.430 bits per heavy atom. The lowest BCUT2D eigenvalue weighted by atomic mass is 9.74. The molecule has 0 fully saturated rings. The SMILES string of the molecule is CCCCCCCC1c2cc3c4c(C#Cc5ccncc5)c2OCOc2c1cc1c(c2C#Cc2ccncc2)OCOc2c(cc5c(c2C#Cc2ccncc2)OCOc2c(cc(c(c2C#Cc2ccncc2)OCO4)C3CCCCCCC)C5CCCCCCC)C1CCCCCCC. The summed E-state index contributed by atoms with van der Waals surface area (Å²) in [6.45, 7) is 8.46. The van der Waals surface area contributed by atoms with Gasteiger partial charge < -0.3 is 37.9 Å². The standard InChI is InChI=1S/C88H92N4O8/c1-5-9-13-17-21-25-65-73-53-75-66(26-22-18-14-10-6-2)77-55-79-68(28-24-20-16-12-8-4)80-56-78-67(27-23-19-15-11-7-3)76-54-74(65)82-70(34-30-62-39-47-90-48-40-62)84(76)96-59-98-86(78)72(36-32-64-43-51-92-52-44-64)88(80)100-60-99-87(79)71(35-31-63-41-49-91-50-42-63)85(77)97-58-95-83(75)69(81(73)93-57-94-82)33-29-61-37-45-89-46-38-61/h37-56,65-68H,5-28,57-60H2,1-4H3. The van der Waals surface area contributed by atoms with Gasteiger partial charge in [-0.1, -0.05) is 203 Å². The number of rotatable bonds is 24. The molecule has 0 saturated carbocycles. The van der Waals surface area contributed by atoms with Crippen molar-refractivity contribution < 1.29 is 37.9 Å². The van der Waals surface area contributed by atoms with E-state index in [1.165, 1.54) is 0 Å². The van der Waals surface area contributed by atoms with Crippen LogP contribution in [0.5, 0.6) is 46.0 Å². The quantitative estimate of drug-likeness (QED) is 0.0422. The van der Waals surface area contributed by atoms with Crippen molar-refractivity contribution in [2.45, 2.75) is 205 Å². The van der Waals surface area contributed by atoms with Crippen molar-refractivity contribution in [1.29, 1.82) is 0 Å². The van der Waals surface area contributed by atoms with E-state index in [-0.39, 0.29) is 50.8 Å². The summed E-state index contributed by atoms with van der Waals surface area (Å²) in [6, 6.07) is 25.3. The third-order valence-corrected chi connectivity index (χ3v) is 20.2. The van der Waals surface area contributed by atoms with Gasteiger partial charge >= 0.3 is 0 Å². The number of nitrogens with zero attached hydrogens (tertiary/aromatic N) is 4. The predicted octanol–water partition coefficient (Wildman–Crippen LogP) is 20.1. The number of ether oxygens (including phenoxy) is 8. The second-order valence-corrected chi connectivity index (χ2v) is 26.9. The van der Waals surface area contributed by atoms with E-state index in [1.54, 1.807) is 49.6 Å². The van der Waals surface area contributed by atoms with Crippen LogP contribution in [-0.4, -0.2) is 47.1 Å². The minimum Gasteiger partial charge on any atom is -0.456 e. The van der Waals surface area contributed by atoms with Crippen LogP contribution in [0.25, 0.3) is 0 Å². The van der Waals surface area contributed by atoms with E-state index in [1.807, 2.05) is 48.5 Å². The second-order valence-electron chi connectivity index (χ2n) is 26.9. The van der Waals surface area contributed by atoms with Gasteiger partial charge in [0.05, 0.1) is 0 Å². The minimum atomic E-state index is -0.306. The highest BCUT2D eigenvalue weighted by molar-refractivity contribution is 5.75. The average Bonchev–Trinajstić information content (AvgIpc) is 0.723. The van der Waals surface area contributed by atoms with Crippen LogP contribution in [0.15, 0.2) is 122 Å². The van der Waals surface area contributed by atoms with Crippen molar-refractivity contribution >= 4 is 0 Å². The van der Waals surface area contributed by atoms with Crippen LogP contribution < -0.4 is 37.9 Å². The zero-order chi connectivity index (χ0) is 68.2. The monoisotopic (exact) mass is 1330 g/mol. The highest BCUT2D eigenvalue weighted by Crippen LogP contribution is 2.58. The van der Waals surface area contributed by atoms with Gasteiger partial charge in [0, 0.05) is 140 Å². The fourth-order valence-corrected chi connectivity index (χ4v) is 15.1. The fourth-order valence-electron chi connectivity index (χ4n) is 15.1. The summed E-state index contributed by atoms with van der Waals surface area (Å²) in [5, 5.41) is 0. The lowest BCUT2D eigenvalue weighted by molar-refractivity contribution is 0.0973. The molecule has 1 aliphatic carbocycles. The second kappa shape index (κ2) is 34.3. The van der Waals surface area contributed by atoms with Crippen LogP contribution >= 0.6 is 0 Å². The Morgan fingerprint density at radius 3 is 0.610 bits per heavy atom. The molecule has 12 heteroatoms. The highest BCUT2D eigenvalue weighted by Gasteiger charge is 2.41. The van der Waals surface area contributed by atoms with Crippen LogP contribution in [0.4, 0.5) is 0 Å². The molecular weight excluding hydrogens is 1240 g/mol. The zero-order valence-electron chi connectivity index (χ0n) is 58.7. The minimum absolute atomic E-state index is 0.161. The Balaban J connectivity index is 1.21. The van der Waals surface area contributed by atoms with Crippen LogP contribution in [0.2, 0.25) is 0 Å². The summed E-state index contributed by atoms with van der Waals surface area (Å²) in [6.07, 6.45) is 38.9. The molecule has 0 N–H and O–H groups in total. The molecule has 512 valence electrons. The number of benzene rings is 4. The van der Waals surface area contributed by atoms with Crippen molar-refractivity contribution in [2.75, 3.05) is 27.2 Å². The van der Waals surface area contributed by atoms with Gasteiger partial charge in [-0.05, 0) is 98.5 Å². The molecule has 0 saturated heterocycles. The molecule has 0 spiro atoms. The molecule has 8 bridgehead atoms. The maximum atomic E-state index is 7.27. The number of aromatic nitrogens is 4. The van der Waals surface area contributed by atoms with E-state index < -0.39 is 0 Å². The largest absolute Gasteiger partial charge is 0.456 e. The number of unbranched alkanes of at least 4 members (excludes halogenated alkanes) is 16. The Kier molecular flexibility index (Phi) is 23.5. The summed E-state index contributed by atoms with van der Waals surface area (Å²) in [5.41, 5.74) is 13.9. The molecule has 13 rings (SSSR count). The first kappa shape index (κ1) is 68.6. The number of pyridine rings is 4. The topological polar surface area (TPSA) is 125 Å². The third-order valence-electron chi connectivity index (χ3n) is 20.2. The number of hydrogen-bond donors (Lipinski definition) is 0. The van der Waals surface area contributed by atoms with Crippen LogP contribution in [0, 0.1) is 47.4 Å². The van der Waals surface area contributed by atoms with Gasteiger partial charge in [-0.3, -0.25) is 19.9 Å². The Bertz CT molecular complexity index is 3710. The molecule has 0 atom stereocenters. The Hall–Kier alpha value is -9.88. The molecule has 12 nitrogen and oxygen atoms in total. The molecule has 4 aromatic carbocycles.